The van der Waals surface area contributed by atoms with Gasteiger partial charge in [-0.1, -0.05) is 43.7 Å². The largest absolute Gasteiger partial charge is 0.481 e. The maximum absolute atomic E-state index is 12.8. The normalized spacial score (nSPS) is 33.4. The highest BCUT2D eigenvalue weighted by Gasteiger charge is 2.62. The van der Waals surface area contributed by atoms with Gasteiger partial charge in [-0.05, 0) is 56.6 Å². The third-order valence-corrected chi connectivity index (χ3v) is 7.47. The van der Waals surface area contributed by atoms with Crippen LogP contribution in [0.15, 0.2) is 42.5 Å². The lowest BCUT2D eigenvalue weighted by molar-refractivity contribution is -0.177. The van der Waals surface area contributed by atoms with E-state index in [-0.39, 0.29) is 17.6 Å². The summed E-state index contributed by atoms with van der Waals surface area (Å²) < 4.78 is 5.97. The summed E-state index contributed by atoms with van der Waals surface area (Å²) >= 11 is 0. The summed E-state index contributed by atoms with van der Waals surface area (Å²) in [5, 5.41) is 10.2. The van der Waals surface area contributed by atoms with Crippen LogP contribution in [-0.2, 0) is 14.3 Å². The fraction of sp³-hybridized carbons (Fsp3) is 0.560. The van der Waals surface area contributed by atoms with Gasteiger partial charge < -0.3 is 14.6 Å². The molecule has 0 saturated heterocycles. The number of hydrogen-bond acceptors (Lipinski definition) is 4. The van der Waals surface area contributed by atoms with Crippen molar-refractivity contribution in [2.45, 2.75) is 65.4 Å². The van der Waals surface area contributed by atoms with Gasteiger partial charge in [0.1, 0.15) is 11.9 Å². The van der Waals surface area contributed by atoms with E-state index in [1.807, 2.05) is 6.07 Å². The van der Waals surface area contributed by atoms with Crippen molar-refractivity contribution in [2.75, 3.05) is 0 Å². The van der Waals surface area contributed by atoms with Crippen molar-refractivity contribution in [2.24, 2.45) is 22.7 Å². The minimum absolute atomic E-state index is 0.0389. The number of ketones is 1. The molecule has 162 valence electrons. The SMILES string of the molecule is C=C1CC(OC(=O)c2ccccc2)C2[C@](C)(C(=O)O)CCC[C@]2(C)[C@@H]1CCC(C)=O. The third-order valence-electron chi connectivity index (χ3n) is 7.47. The van der Waals surface area contributed by atoms with Crippen molar-refractivity contribution >= 4 is 17.7 Å². The minimum atomic E-state index is -0.996. The molecule has 2 unspecified atom stereocenters. The first-order valence-electron chi connectivity index (χ1n) is 10.8. The molecule has 0 radical (unpaired) electrons. The van der Waals surface area contributed by atoms with E-state index in [9.17, 15) is 19.5 Å². The van der Waals surface area contributed by atoms with Gasteiger partial charge in [-0.2, -0.15) is 0 Å². The van der Waals surface area contributed by atoms with E-state index in [0.717, 1.165) is 18.4 Å². The molecular weight excluding hydrogens is 380 g/mol. The van der Waals surface area contributed by atoms with Crippen LogP contribution in [0, 0.1) is 22.7 Å². The summed E-state index contributed by atoms with van der Waals surface area (Å²) in [4.78, 5) is 36.9. The number of carbonyl (C=O) groups is 3. The van der Waals surface area contributed by atoms with Gasteiger partial charge in [-0.3, -0.25) is 4.79 Å². The van der Waals surface area contributed by atoms with E-state index >= 15 is 0 Å². The van der Waals surface area contributed by atoms with Gasteiger partial charge in [0.25, 0.3) is 0 Å². The van der Waals surface area contributed by atoms with Gasteiger partial charge in [0.2, 0.25) is 0 Å². The monoisotopic (exact) mass is 412 g/mol. The van der Waals surface area contributed by atoms with Crippen molar-refractivity contribution in [3.8, 4) is 0 Å². The Labute approximate surface area is 178 Å². The van der Waals surface area contributed by atoms with Gasteiger partial charge in [0, 0.05) is 18.8 Å². The van der Waals surface area contributed by atoms with Crippen LogP contribution >= 0.6 is 0 Å². The predicted molar refractivity (Wildman–Crippen MR) is 114 cm³/mol. The quantitative estimate of drug-likeness (QED) is 0.522. The van der Waals surface area contributed by atoms with Crippen LogP contribution in [0.2, 0.25) is 0 Å². The molecule has 1 aromatic rings. The second-order valence-corrected chi connectivity index (χ2v) is 9.53. The molecule has 2 aliphatic rings. The molecule has 5 atom stereocenters. The van der Waals surface area contributed by atoms with E-state index in [4.69, 9.17) is 4.74 Å². The second kappa shape index (κ2) is 8.37. The van der Waals surface area contributed by atoms with E-state index in [1.54, 1.807) is 38.1 Å². The van der Waals surface area contributed by atoms with Crippen LogP contribution in [0.3, 0.4) is 0 Å². The van der Waals surface area contributed by atoms with Gasteiger partial charge in [0.05, 0.1) is 11.0 Å². The molecule has 0 amide bonds. The zero-order chi connectivity index (χ0) is 22.1. The molecule has 30 heavy (non-hydrogen) atoms. The van der Waals surface area contributed by atoms with Gasteiger partial charge >= 0.3 is 11.9 Å². The number of carboxylic acid groups (broad SMARTS) is 1. The molecule has 3 rings (SSSR count). The van der Waals surface area contributed by atoms with E-state index in [0.29, 0.717) is 31.2 Å². The third kappa shape index (κ3) is 3.94. The zero-order valence-electron chi connectivity index (χ0n) is 18.1. The Kier molecular flexibility index (Phi) is 6.21. The number of aliphatic carboxylic acids is 1. The first-order valence-corrected chi connectivity index (χ1v) is 10.8. The molecule has 0 spiro atoms. The van der Waals surface area contributed by atoms with Crippen LogP contribution in [0.5, 0.6) is 0 Å². The second-order valence-electron chi connectivity index (χ2n) is 9.53. The number of hydrogen-bond donors (Lipinski definition) is 1. The van der Waals surface area contributed by atoms with Gasteiger partial charge in [-0.25, -0.2) is 4.79 Å². The summed E-state index contributed by atoms with van der Waals surface area (Å²) in [5.41, 5.74) is 0.0218. The molecule has 5 nitrogen and oxygen atoms in total. The average molecular weight is 413 g/mol. The molecule has 2 saturated carbocycles. The van der Waals surface area contributed by atoms with Crippen LogP contribution in [0.25, 0.3) is 0 Å². The van der Waals surface area contributed by atoms with E-state index in [1.165, 1.54) is 0 Å². The molecule has 5 heteroatoms. The Bertz CT molecular complexity index is 844. The topological polar surface area (TPSA) is 80.7 Å². The minimum Gasteiger partial charge on any atom is -0.481 e. The summed E-state index contributed by atoms with van der Waals surface area (Å²) in [7, 11) is 0. The van der Waals surface area contributed by atoms with Gasteiger partial charge in [0.15, 0.2) is 0 Å². The molecule has 0 aliphatic heterocycles. The lowest BCUT2D eigenvalue weighted by Gasteiger charge is -2.59. The number of Topliss-reactive ketones (excluding diaryl/α,β-unsaturated/α-hetero) is 1. The first kappa shape index (κ1) is 22.3. The van der Waals surface area contributed by atoms with Crippen LogP contribution in [0.4, 0.5) is 0 Å². The standard InChI is InChI=1S/C25H32O5/c1-16-15-20(30-22(27)18-9-6-5-7-10-18)21-24(3,19(16)12-11-17(2)26)13-8-14-25(21,4)23(28)29/h5-7,9-10,19-21H,1,8,11-15H2,2-4H3,(H,28,29)/t19-,20?,21?,24-,25-/m1/s1. The number of carbonyl (C=O) groups excluding carboxylic acids is 2. The number of rotatable bonds is 6. The molecule has 2 aliphatic carbocycles. The smallest absolute Gasteiger partial charge is 0.338 e. The Morgan fingerprint density at radius 2 is 1.83 bits per heavy atom. The fourth-order valence-electron chi connectivity index (χ4n) is 6.10. The maximum Gasteiger partial charge on any atom is 0.338 e. The number of esters is 1. The van der Waals surface area contributed by atoms with Crippen molar-refractivity contribution in [3.05, 3.63) is 48.0 Å². The maximum atomic E-state index is 12.8. The molecular formula is C25H32O5. The fourth-order valence-corrected chi connectivity index (χ4v) is 6.10. The number of ether oxygens (including phenoxy) is 1. The molecule has 0 heterocycles. The Hall–Kier alpha value is -2.43. The highest BCUT2D eigenvalue weighted by Crippen LogP contribution is 2.62. The number of fused-ring (bicyclic) bond motifs is 1. The predicted octanol–water partition coefficient (Wildman–Crippen LogP) is 5.05. The lowest BCUT2D eigenvalue weighted by atomic mass is 9.45. The zero-order valence-corrected chi connectivity index (χ0v) is 18.1. The number of carboxylic acids is 1. The summed E-state index contributed by atoms with van der Waals surface area (Å²) in [6.45, 7) is 9.76. The summed E-state index contributed by atoms with van der Waals surface area (Å²) in [6.07, 6.45) is 3.17. The van der Waals surface area contributed by atoms with Crippen molar-refractivity contribution in [1.29, 1.82) is 0 Å². The van der Waals surface area contributed by atoms with E-state index in [2.05, 4.69) is 13.5 Å². The van der Waals surface area contributed by atoms with Gasteiger partial charge in [-0.15, -0.1) is 0 Å². The van der Waals surface area contributed by atoms with Crippen LogP contribution in [0.1, 0.15) is 69.7 Å². The van der Waals surface area contributed by atoms with Crippen molar-refractivity contribution < 1.29 is 24.2 Å². The van der Waals surface area contributed by atoms with Crippen molar-refractivity contribution in [3.63, 3.8) is 0 Å². The number of benzene rings is 1. The summed E-state index contributed by atoms with van der Waals surface area (Å²) in [5.74, 6) is -1.46. The van der Waals surface area contributed by atoms with Crippen molar-refractivity contribution in [1.82, 2.24) is 0 Å². The molecule has 1 aromatic carbocycles. The van der Waals surface area contributed by atoms with Crippen LogP contribution in [-0.4, -0.2) is 28.9 Å². The highest BCUT2D eigenvalue weighted by atomic mass is 16.5. The highest BCUT2D eigenvalue weighted by molar-refractivity contribution is 5.89. The Balaban J connectivity index is 1.99. The average Bonchev–Trinajstić information content (AvgIpc) is 2.67. The summed E-state index contributed by atoms with van der Waals surface area (Å²) in [6, 6.07) is 8.79. The first-order chi connectivity index (χ1) is 14.1. The molecule has 2 fully saturated rings. The molecule has 0 bridgehead atoms. The Morgan fingerprint density at radius 1 is 1.17 bits per heavy atom. The Morgan fingerprint density at radius 3 is 2.43 bits per heavy atom. The molecule has 1 N–H and O–H groups in total. The van der Waals surface area contributed by atoms with Crippen LogP contribution < -0.4 is 0 Å². The lowest BCUT2D eigenvalue weighted by Crippen LogP contribution is -2.59. The molecule has 0 aromatic heterocycles. The van der Waals surface area contributed by atoms with E-state index < -0.39 is 28.9 Å².